The van der Waals surface area contributed by atoms with Crippen molar-refractivity contribution >= 4 is 5.97 Å². The molecule has 0 spiro atoms. The van der Waals surface area contributed by atoms with Crippen molar-refractivity contribution < 1.29 is 9.90 Å². The van der Waals surface area contributed by atoms with Gasteiger partial charge in [0.25, 0.3) is 0 Å². The number of hydrogen-bond acceptors (Lipinski definition) is 2. The molecule has 3 rings (SSSR count). The molecule has 1 aliphatic rings. The zero-order valence-corrected chi connectivity index (χ0v) is 9.91. The Morgan fingerprint density at radius 3 is 2.56 bits per heavy atom. The summed E-state index contributed by atoms with van der Waals surface area (Å²) in [5.41, 5.74) is 1.06. The van der Waals surface area contributed by atoms with Gasteiger partial charge >= 0.3 is 5.97 Å². The summed E-state index contributed by atoms with van der Waals surface area (Å²) < 4.78 is 1.73. The van der Waals surface area contributed by atoms with E-state index in [1.165, 1.54) is 0 Å². The van der Waals surface area contributed by atoms with Crippen LogP contribution in [0.15, 0.2) is 42.7 Å². The number of nitrogens with zero attached hydrogens (tertiary/aromatic N) is 2. The van der Waals surface area contributed by atoms with Crippen molar-refractivity contribution in [1.29, 1.82) is 0 Å². The lowest BCUT2D eigenvalue weighted by molar-refractivity contribution is -0.147. The number of hydrogen-bond donors (Lipinski definition) is 1. The van der Waals surface area contributed by atoms with Crippen molar-refractivity contribution in [1.82, 2.24) is 9.78 Å². The minimum atomic E-state index is -0.735. The minimum absolute atomic E-state index is 0.701. The van der Waals surface area contributed by atoms with E-state index in [-0.39, 0.29) is 0 Å². The van der Waals surface area contributed by atoms with Gasteiger partial charge in [0.15, 0.2) is 0 Å². The summed E-state index contributed by atoms with van der Waals surface area (Å²) in [6.45, 7) is 0. The van der Waals surface area contributed by atoms with Gasteiger partial charge in [0.05, 0.1) is 17.3 Å². The smallest absolute Gasteiger partial charge is 0.314 e. The molecule has 18 heavy (non-hydrogen) atoms. The summed E-state index contributed by atoms with van der Waals surface area (Å²) in [4.78, 5) is 11.4. The molecular formula is C14H14N2O2. The van der Waals surface area contributed by atoms with Gasteiger partial charge in [-0.3, -0.25) is 4.79 Å². The van der Waals surface area contributed by atoms with Gasteiger partial charge in [0.2, 0.25) is 0 Å². The second-order valence-electron chi connectivity index (χ2n) is 4.75. The molecule has 0 aliphatic heterocycles. The first kappa shape index (κ1) is 11.0. The fourth-order valence-electron chi connectivity index (χ4n) is 2.45. The van der Waals surface area contributed by atoms with Crippen LogP contribution >= 0.6 is 0 Å². The maximum atomic E-state index is 11.4. The maximum Gasteiger partial charge on any atom is 0.314 e. The number of aromatic nitrogens is 2. The Balaban J connectivity index is 1.97. The summed E-state index contributed by atoms with van der Waals surface area (Å²) in [5.74, 6) is -0.735. The quantitative estimate of drug-likeness (QED) is 0.899. The first-order valence-electron chi connectivity index (χ1n) is 6.06. The fraction of sp³-hybridized carbons (Fsp3) is 0.286. The van der Waals surface area contributed by atoms with Crippen LogP contribution < -0.4 is 0 Å². The molecule has 4 heteroatoms. The molecule has 1 heterocycles. The van der Waals surface area contributed by atoms with Crippen LogP contribution in [0.25, 0.3) is 5.69 Å². The summed E-state index contributed by atoms with van der Waals surface area (Å²) in [6.07, 6.45) is 5.91. The van der Waals surface area contributed by atoms with Crippen molar-refractivity contribution in [3.63, 3.8) is 0 Å². The van der Waals surface area contributed by atoms with Crippen molar-refractivity contribution in [3.8, 4) is 5.69 Å². The Morgan fingerprint density at radius 1 is 1.28 bits per heavy atom. The zero-order valence-electron chi connectivity index (χ0n) is 9.91. The van der Waals surface area contributed by atoms with Crippen molar-refractivity contribution in [2.24, 2.45) is 0 Å². The molecule has 0 bridgehead atoms. The molecule has 0 unspecified atom stereocenters. The van der Waals surface area contributed by atoms with Gasteiger partial charge in [-0.1, -0.05) is 24.6 Å². The van der Waals surface area contributed by atoms with Crippen molar-refractivity contribution in [2.75, 3.05) is 0 Å². The topological polar surface area (TPSA) is 55.1 Å². The minimum Gasteiger partial charge on any atom is -0.481 e. The summed E-state index contributed by atoms with van der Waals surface area (Å²) in [5, 5.41) is 13.7. The van der Waals surface area contributed by atoms with Gasteiger partial charge in [-0.15, -0.1) is 0 Å². The van der Waals surface area contributed by atoms with Gasteiger partial charge < -0.3 is 5.11 Å². The third kappa shape index (κ3) is 1.53. The van der Waals surface area contributed by atoms with E-state index < -0.39 is 11.4 Å². The Hall–Kier alpha value is -2.10. The van der Waals surface area contributed by atoms with Crippen molar-refractivity contribution in [2.45, 2.75) is 24.7 Å². The molecule has 2 aromatic rings. The summed E-state index contributed by atoms with van der Waals surface area (Å²) in [7, 11) is 0. The van der Waals surface area contributed by atoms with Gasteiger partial charge in [-0.2, -0.15) is 5.10 Å². The third-order valence-electron chi connectivity index (χ3n) is 3.77. The average Bonchev–Trinajstić information content (AvgIpc) is 2.78. The van der Waals surface area contributed by atoms with Crippen LogP contribution in [0, 0.1) is 0 Å². The van der Waals surface area contributed by atoms with E-state index in [9.17, 15) is 9.90 Å². The number of benzene rings is 1. The van der Waals surface area contributed by atoms with Crippen LogP contribution in [0.1, 0.15) is 24.8 Å². The predicted octanol–water partition coefficient (Wildman–Crippen LogP) is 2.38. The standard InChI is InChI=1S/C14H14N2O2/c17-13(18)14(7-4-8-14)11-9-15-16(10-11)12-5-2-1-3-6-12/h1-3,5-6,9-10H,4,7-8H2,(H,17,18). The highest BCUT2D eigenvalue weighted by Crippen LogP contribution is 2.43. The lowest BCUT2D eigenvalue weighted by Gasteiger charge is -2.36. The molecular weight excluding hydrogens is 228 g/mol. The van der Waals surface area contributed by atoms with Crippen LogP contribution in [-0.4, -0.2) is 20.9 Å². The largest absolute Gasteiger partial charge is 0.481 e. The van der Waals surface area contributed by atoms with Gasteiger partial charge in [0, 0.05) is 11.8 Å². The molecule has 1 saturated carbocycles. The van der Waals surface area contributed by atoms with E-state index in [1.807, 2.05) is 36.5 Å². The van der Waals surface area contributed by atoms with E-state index in [1.54, 1.807) is 10.9 Å². The van der Waals surface area contributed by atoms with Crippen LogP contribution in [0.5, 0.6) is 0 Å². The first-order valence-corrected chi connectivity index (χ1v) is 6.06. The Bertz CT molecular complexity index is 570. The fourth-order valence-corrected chi connectivity index (χ4v) is 2.45. The number of carboxylic acid groups (broad SMARTS) is 1. The maximum absolute atomic E-state index is 11.4. The van der Waals surface area contributed by atoms with Crippen molar-refractivity contribution in [3.05, 3.63) is 48.3 Å². The highest BCUT2D eigenvalue weighted by Gasteiger charge is 2.46. The van der Waals surface area contributed by atoms with Crippen LogP contribution in [-0.2, 0) is 10.2 Å². The molecule has 1 aromatic carbocycles. The average molecular weight is 242 g/mol. The van der Waals surface area contributed by atoms with Crippen LogP contribution in [0.2, 0.25) is 0 Å². The van der Waals surface area contributed by atoms with E-state index in [0.717, 1.165) is 17.7 Å². The van der Waals surface area contributed by atoms with E-state index in [4.69, 9.17) is 0 Å². The Morgan fingerprint density at radius 2 is 2.00 bits per heavy atom. The third-order valence-corrected chi connectivity index (χ3v) is 3.77. The SMILES string of the molecule is O=C(O)C1(c2cnn(-c3ccccc3)c2)CCC1. The van der Waals surface area contributed by atoms with Gasteiger partial charge in [-0.25, -0.2) is 4.68 Å². The first-order chi connectivity index (χ1) is 8.72. The number of carbonyl (C=O) groups is 1. The molecule has 1 N–H and O–H groups in total. The second-order valence-corrected chi connectivity index (χ2v) is 4.75. The Labute approximate surface area is 105 Å². The van der Waals surface area contributed by atoms with Gasteiger partial charge in [-0.05, 0) is 25.0 Å². The summed E-state index contributed by atoms with van der Waals surface area (Å²) >= 11 is 0. The number of aliphatic carboxylic acids is 1. The van der Waals surface area contributed by atoms with E-state index in [2.05, 4.69) is 5.10 Å². The molecule has 0 atom stereocenters. The summed E-state index contributed by atoms with van der Waals surface area (Å²) in [6, 6.07) is 9.72. The number of carboxylic acids is 1. The molecule has 0 radical (unpaired) electrons. The zero-order chi connectivity index (χ0) is 12.6. The van der Waals surface area contributed by atoms with Gasteiger partial charge in [0.1, 0.15) is 0 Å². The van der Waals surface area contributed by atoms with E-state index in [0.29, 0.717) is 12.8 Å². The molecule has 0 amide bonds. The normalized spacial score (nSPS) is 17.1. The second kappa shape index (κ2) is 3.98. The number of rotatable bonds is 3. The highest BCUT2D eigenvalue weighted by atomic mass is 16.4. The molecule has 4 nitrogen and oxygen atoms in total. The molecule has 1 aliphatic carbocycles. The van der Waals surface area contributed by atoms with E-state index >= 15 is 0 Å². The number of para-hydroxylation sites is 1. The molecule has 1 aromatic heterocycles. The molecule has 92 valence electrons. The van der Waals surface area contributed by atoms with Crippen LogP contribution in [0.3, 0.4) is 0 Å². The predicted molar refractivity (Wildman–Crippen MR) is 66.7 cm³/mol. The lowest BCUT2D eigenvalue weighted by Crippen LogP contribution is -2.42. The highest BCUT2D eigenvalue weighted by molar-refractivity contribution is 5.82. The lowest BCUT2D eigenvalue weighted by atomic mass is 9.65. The molecule has 1 fully saturated rings. The Kier molecular flexibility index (Phi) is 2.44. The van der Waals surface area contributed by atoms with Crippen LogP contribution in [0.4, 0.5) is 0 Å². The molecule has 0 saturated heterocycles. The monoisotopic (exact) mass is 242 g/mol.